The van der Waals surface area contributed by atoms with Crippen molar-refractivity contribution in [2.45, 2.75) is 270 Å². The number of carbonyl (C=O) groups excluding carboxylic acids is 2. The van der Waals surface area contributed by atoms with E-state index in [4.69, 9.17) is 4.74 Å². The highest BCUT2D eigenvalue weighted by molar-refractivity contribution is 5.77. The smallest absolute Gasteiger partial charge is 0.306 e. The summed E-state index contributed by atoms with van der Waals surface area (Å²) in [5.41, 5.74) is 0. The van der Waals surface area contributed by atoms with E-state index >= 15 is 0 Å². The van der Waals surface area contributed by atoms with E-state index in [9.17, 15) is 19.8 Å². The van der Waals surface area contributed by atoms with Crippen molar-refractivity contribution in [3.05, 3.63) is 36.5 Å². The van der Waals surface area contributed by atoms with Gasteiger partial charge >= 0.3 is 5.97 Å². The van der Waals surface area contributed by atoms with Gasteiger partial charge < -0.3 is 20.3 Å². The molecule has 57 heavy (non-hydrogen) atoms. The summed E-state index contributed by atoms with van der Waals surface area (Å²) in [4.78, 5) is 26.0. The van der Waals surface area contributed by atoms with Crippen LogP contribution in [0.2, 0.25) is 0 Å². The molecule has 3 N–H and O–H groups in total. The van der Waals surface area contributed by atoms with Gasteiger partial charge in [0.1, 0.15) is 6.10 Å². The van der Waals surface area contributed by atoms with Crippen LogP contribution >= 0.6 is 0 Å². The van der Waals surface area contributed by atoms with Crippen LogP contribution < -0.4 is 5.32 Å². The van der Waals surface area contributed by atoms with Crippen molar-refractivity contribution in [1.82, 2.24) is 5.32 Å². The second-order valence-electron chi connectivity index (χ2n) is 16.9. The second-order valence-corrected chi connectivity index (χ2v) is 16.9. The Balaban J connectivity index is 4.56. The van der Waals surface area contributed by atoms with Crippen LogP contribution in [0.5, 0.6) is 0 Å². The lowest BCUT2D eigenvalue weighted by molar-refractivity contribution is -0.151. The minimum atomic E-state index is -0.792. The number of ether oxygens (including phenoxy) is 1. The zero-order valence-corrected chi connectivity index (χ0v) is 38.0. The van der Waals surface area contributed by atoms with E-state index in [-0.39, 0.29) is 24.9 Å². The minimum absolute atomic E-state index is 0.0552. The number of hydrogen-bond acceptors (Lipinski definition) is 5. The molecular formula is C51H95NO5. The van der Waals surface area contributed by atoms with E-state index in [2.05, 4.69) is 62.5 Å². The highest BCUT2D eigenvalue weighted by atomic mass is 16.5. The molecule has 0 bridgehead atoms. The Labute approximate surface area is 353 Å². The Bertz CT molecular complexity index is 946. The van der Waals surface area contributed by atoms with Crippen LogP contribution in [0.25, 0.3) is 0 Å². The Morgan fingerprint density at radius 2 is 0.912 bits per heavy atom. The van der Waals surface area contributed by atoms with E-state index in [0.717, 1.165) is 70.6 Å². The van der Waals surface area contributed by atoms with E-state index in [1.807, 2.05) is 0 Å². The van der Waals surface area contributed by atoms with Crippen molar-refractivity contribution in [3.8, 4) is 0 Å². The molecule has 0 radical (unpaired) electrons. The Hall–Kier alpha value is -1.92. The van der Waals surface area contributed by atoms with Gasteiger partial charge in [-0.25, -0.2) is 0 Å². The van der Waals surface area contributed by atoms with Crippen LogP contribution in [-0.2, 0) is 14.3 Å². The van der Waals surface area contributed by atoms with Crippen molar-refractivity contribution in [2.75, 3.05) is 6.61 Å². The highest BCUT2D eigenvalue weighted by Gasteiger charge is 2.24. The molecule has 0 saturated carbocycles. The van der Waals surface area contributed by atoms with Crippen molar-refractivity contribution in [3.63, 3.8) is 0 Å². The molecule has 0 aromatic heterocycles. The summed E-state index contributed by atoms with van der Waals surface area (Å²) >= 11 is 0. The average Bonchev–Trinajstić information content (AvgIpc) is 3.20. The van der Waals surface area contributed by atoms with E-state index in [1.54, 1.807) is 0 Å². The van der Waals surface area contributed by atoms with Gasteiger partial charge in [0.25, 0.3) is 0 Å². The van der Waals surface area contributed by atoms with Crippen LogP contribution in [0.15, 0.2) is 36.5 Å². The standard InChI is InChI=1S/C51H95NO5/c1-4-7-10-13-16-19-22-23-24-25-26-27-29-32-35-38-41-44-51(56)57-47(42-39-36-33-30-28-20-17-14-11-8-5-2)45-50(55)52-48(46-53)49(54)43-40-37-34-31-21-18-15-12-9-6-3/h16,19,23-24,30,33,47-49,53-54H,4-15,17-18,20-22,25-29,31-32,34-46H2,1-3H3,(H,52,55)/b19-16-,24-23-,33-30-. The SMILES string of the molecule is CCCCC/C=C\C/C=C\CCCCCCCCCC(=O)OC(CCC/C=C\CCCCCCCC)CC(=O)NC(CO)C(O)CCCCCCCCCCCC. The monoisotopic (exact) mass is 802 g/mol. The highest BCUT2D eigenvalue weighted by Crippen LogP contribution is 2.17. The number of carbonyl (C=O) groups is 2. The van der Waals surface area contributed by atoms with Gasteiger partial charge in [0, 0.05) is 6.42 Å². The molecule has 0 aromatic rings. The molecule has 6 nitrogen and oxygen atoms in total. The Kier molecular flexibility index (Phi) is 43.6. The topological polar surface area (TPSA) is 95.9 Å². The number of unbranched alkanes of at least 4 members (excludes halogenated alkanes) is 26. The lowest BCUT2D eigenvalue weighted by Gasteiger charge is -2.24. The summed E-state index contributed by atoms with van der Waals surface area (Å²) in [5, 5.41) is 23.6. The zero-order valence-electron chi connectivity index (χ0n) is 38.0. The summed E-state index contributed by atoms with van der Waals surface area (Å²) in [6, 6.07) is -0.707. The first-order chi connectivity index (χ1) is 28.0. The molecule has 0 fully saturated rings. The number of esters is 1. The molecule has 334 valence electrons. The quantitative estimate of drug-likeness (QED) is 0.0324. The van der Waals surface area contributed by atoms with Gasteiger partial charge in [0.2, 0.25) is 5.91 Å². The first-order valence-electron chi connectivity index (χ1n) is 24.7. The number of aliphatic hydroxyl groups excluding tert-OH is 2. The van der Waals surface area contributed by atoms with E-state index in [1.165, 1.54) is 135 Å². The molecule has 3 atom stereocenters. The molecule has 6 heteroatoms. The first-order valence-corrected chi connectivity index (χ1v) is 24.7. The molecule has 3 unspecified atom stereocenters. The van der Waals surface area contributed by atoms with Crippen molar-refractivity contribution in [1.29, 1.82) is 0 Å². The van der Waals surface area contributed by atoms with Crippen LogP contribution in [-0.4, -0.2) is 46.9 Å². The number of aliphatic hydroxyl groups is 2. The Morgan fingerprint density at radius 3 is 1.42 bits per heavy atom. The molecular weight excluding hydrogens is 707 g/mol. The minimum Gasteiger partial charge on any atom is -0.462 e. The Morgan fingerprint density at radius 1 is 0.509 bits per heavy atom. The molecule has 0 heterocycles. The molecule has 0 rings (SSSR count). The molecule has 0 aromatic carbocycles. The average molecular weight is 802 g/mol. The maximum Gasteiger partial charge on any atom is 0.306 e. The molecule has 1 amide bonds. The lowest BCUT2D eigenvalue weighted by Crippen LogP contribution is -2.46. The fourth-order valence-electron chi connectivity index (χ4n) is 7.40. The third kappa shape index (κ3) is 40.6. The third-order valence-corrected chi connectivity index (χ3v) is 11.2. The van der Waals surface area contributed by atoms with Crippen LogP contribution in [0.3, 0.4) is 0 Å². The van der Waals surface area contributed by atoms with Crippen molar-refractivity contribution < 1.29 is 24.5 Å². The van der Waals surface area contributed by atoms with Gasteiger partial charge in [-0.05, 0) is 77.0 Å². The van der Waals surface area contributed by atoms with Gasteiger partial charge in [-0.1, -0.05) is 198 Å². The fourth-order valence-corrected chi connectivity index (χ4v) is 7.40. The summed E-state index contributed by atoms with van der Waals surface area (Å²) in [5.74, 6) is -0.508. The van der Waals surface area contributed by atoms with Crippen molar-refractivity contribution >= 4 is 11.9 Å². The van der Waals surface area contributed by atoms with Gasteiger partial charge in [0.15, 0.2) is 0 Å². The van der Waals surface area contributed by atoms with E-state index < -0.39 is 18.2 Å². The van der Waals surface area contributed by atoms with Crippen LogP contribution in [0, 0.1) is 0 Å². The number of rotatable bonds is 44. The van der Waals surface area contributed by atoms with Gasteiger partial charge in [-0.15, -0.1) is 0 Å². The van der Waals surface area contributed by atoms with Gasteiger partial charge in [-0.3, -0.25) is 9.59 Å². The number of amides is 1. The van der Waals surface area contributed by atoms with Gasteiger partial charge in [0.05, 0.1) is 25.2 Å². The predicted octanol–water partition coefficient (Wildman–Crippen LogP) is 14.5. The molecule has 0 aliphatic rings. The molecule has 0 spiro atoms. The molecule has 0 saturated heterocycles. The van der Waals surface area contributed by atoms with Crippen molar-refractivity contribution in [2.24, 2.45) is 0 Å². The maximum absolute atomic E-state index is 13.1. The zero-order chi connectivity index (χ0) is 41.7. The second kappa shape index (κ2) is 45.2. The van der Waals surface area contributed by atoms with Crippen LogP contribution in [0.1, 0.15) is 252 Å². The summed E-state index contributed by atoms with van der Waals surface area (Å²) in [6.45, 7) is 6.43. The number of allylic oxidation sites excluding steroid dienone is 6. The predicted molar refractivity (Wildman–Crippen MR) is 246 cm³/mol. The summed E-state index contributed by atoms with van der Waals surface area (Å²) < 4.78 is 5.90. The number of nitrogens with one attached hydrogen (secondary N) is 1. The van der Waals surface area contributed by atoms with Gasteiger partial charge in [-0.2, -0.15) is 0 Å². The lowest BCUT2D eigenvalue weighted by atomic mass is 10.0. The maximum atomic E-state index is 13.1. The molecule has 0 aliphatic carbocycles. The fraction of sp³-hybridized carbons (Fsp3) is 0.843. The largest absolute Gasteiger partial charge is 0.462 e. The van der Waals surface area contributed by atoms with E-state index in [0.29, 0.717) is 19.3 Å². The molecule has 0 aliphatic heterocycles. The third-order valence-electron chi connectivity index (χ3n) is 11.2. The number of hydrogen-bond donors (Lipinski definition) is 3. The summed E-state index contributed by atoms with van der Waals surface area (Å²) in [7, 11) is 0. The first kappa shape index (κ1) is 55.1. The van der Waals surface area contributed by atoms with Crippen LogP contribution in [0.4, 0.5) is 0 Å². The summed E-state index contributed by atoms with van der Waals surface area (Å²) in [6.07, 6.45) is 52.1. The normalized spacial score (nSPS) is 13.6.